The molecule has 0 aliphatic carbocycles. The Labute approximate surface area is 136 Å². The van der Waals surface area contributed by atoms with Crippen LogP contribution in [0.15, 0.2) is 65.6 Å². The zero-order valence-electron chi connectivity index (χ0n) is 12.8. The topological polar surface area (TPSA) is 54.5 Å². The second kappa shape index (κ2) is 6.54. The van der Waals surface area contributed by atoms with E-state index >= 15 is 0 Å². The van der Waals surface area contributed by atoms with Crippen molar-refractivity contribution in [1.29, 1.82) is 0 Å². The Balaban J connectivity index is 1.68. The van der Waals surface area contributed by atoms with E-state index in [2.05, 4.69) is 0 Å². The molecular weight excluding hydrogens is 310 g/mol. The Morgan fingerprint density at radius 1 is 0.870 bits per heavy atom. The lowest BCUT2D eigenvalue weighted by Gasteiger charge is -2.31. The van der Waals surface area contributed by atoms with Gasteiger partial charge in [0.15, 0.2) is 9.84 Å². The summed E-state index contributed by atoms with van der Waals surface area (Å²) < 4.78 is 25.3. The fourth-order valence-corrected chi connectivity index (χ4v) is 4.69. The highest BCUT2D eigenvalue weighted by Crippen LogP contribution is 2.25. The predicted molar refractivity (Wildman–Crippen MR) is 89.0 cm³/mol. The average Bonchev–Trinajstić information content (AvgIpc) is 2.63. The second-order valence-electron chi connectivity index (χ2n) is 5.72. The van der Waals surface area contributed by atoms with Gasteiger partial charge in [0.05, 0.1) is 10.1 Å². The maximum absolute atomic E-state index is 12.6. The third kappa shape index (κ3) is 3.29. The lowest BCUT2D eigenvalue weighted by molar-refractivity contribution is 0.0725. The summed E-state index contributed by atoms with van der Waals surface area (Å²) >= 11 is 0. The van der Waals surface area contributed by atoms with E-state index in [0.29, 0.717) is 36.4 Å². The van der Waals surface area contributed by atoms with Gasteiger partial charge >= 0.3 is 0 Å². The van der Waals surface area contributed by atoms with Gasteiger partial charge in [-0.3, -0.25) is 4.79 Å². The first-order chi connectivity index (χ1) is 11.1. The van der Waals surface area contributed by atoms with E-state index in [1.54, 1.807) is 47.4 Å². The highest BCUT2D eigenvalue weighted by atomic mass is 32.2. The van der Waals surface area contributed by atoms with Crippen LogP contribution in [-0.2, 0) is 9.84 Å². The molecule has 0 radical (unpaired) electrons. The molecular formula is C18H19NO3S. The van der Waals surface area contributed by atoms with E-state index in [4.69, 9.17) is 0 Å². The monoisotopic (exact) mass is 329 g/mol. The third-order valence-electron chi connectivity index (χ3n) is 4.26. The number of sulfone groups is 1. The van der Waals surface area contributed by atoms with Gasteiger partial charge in [-0.1, -0.05) is 36.4 Å². The Morgan fingerprint density at radius 3 is 1.96 bits per heavy atom. The Morgan fingerprint density at radius 2 is 1.39 bits per heavy atom. The smallest absolute Gasteiger partial charge is 0.253 e. The summed E-state index contributed by atoms with van der Waals surface area (Å²) in [5.74, 6) is -0.0267. The molecule has 0 unspecified atom stereocenters. The van der Waals surface area contributed by atoms with Crippen molar-refractivity contribution in [3.63, 3.8) is 0 Å². The molecule has 0 bridgehead atoms. The van der Waals surface area contributed by atoms with Crippen LogP contribution in [0.1, 0.15) is 23.2 Å². The average molecular weight is 329 g/mol. The van der Waals surface area contributed by atoms with Crippen LogP contribution in [0.2, 0.25) is 0 Å². The maximum Gasteiger partial charge on any atom is 0.253 e. The first-order valence-corrected chi connectivity index (χ1v) is 9.27. The van der Waals surface area contributed by atoms with E-state index in [1.165, 1.54) is 0 Å². The van der Waals surface area contributed by atoms with Gasteiger partial charge in [0.1, 0.15) is 0 Å². The Kier molecular flexibility index (Phi) is 4.48. The molecule has 0 spiro atoms. The van der Waals surface area contributed by atoms with E-state index in [1.807, 2.05) is 18.2 Å². The number of piperidine rings is 1. The molecule has 3 rings (SSSR count). The molecule has 1 aliphatic heterocycles. The van der Waals surface area contributed by atoms with Gasteiger partial charge in [0.2, 0.25) is 0 Å². The minimum absolute atomic E-state index is 0.0267. The van der Waals surface area contributed by atoms with Gasteiger partial charge in [-0.05, 0) is 37.1 Å². The lowest BCUT2D eigenvalue weighted by atomic mass is 10.1. The molecule has 0 saturated carbocycles. The van der Waals surface area contributed by atoms with Crippen LogP contribution in [0, 0.1) is 0 Å². The Hall–Kier alpha value is -2.14. The van der Waals surface area contributed by atoms with Crippen LogP contribution in [0.25, 0.3) is 0 Å². The minimum Gasteiger partial charge on any atom is -0.339 e. The van der Waals surface area contributed by atoms with E-state index in [-0.39, 0.29) is 5.91 Å². The zero-order valence-corrected chi connectivity index (χ0v) is 13.6. The largest absolute Gasteiger partial charge is 0.339 e. The fraction of sp³-hybridized carbons (Fsp3) is 0.278. The van der Waals surface area contributed by atoms with Crippen molar-refractivity contribution < 1.29 is 13.2 Å². The summed E-state index contributed by atoms with van der Waals surface area (Å²) in [4.78, 5) is 14.5. The summed E-state index contributed by atoms with van der Waals surface area (Å²) in [6.45, 7) is 0.953. The van der Waals surface area contributed by atoms with Gasteiger partial charge in [0, 0.05) is 18.7 Å². The molecule has 0 aromatic heterocycles. The summed E-state index contributed by atoms with van der Waals surface area (Å²) in [7, 11) is -3.31. The van der Waals surface area contributed by atoms with Gasteiger partial charge in [-0.15, -0.1) is 0 Å². The predicted octanol–water partition coefficient (Wildman–Crippen LogP) is 2.77. The highest BCUT2D eigenvalue weighted by molar-refractivity contribution is 7.92. The molecule has 1 amide bonds. The molecule has 23 heavy (non-hydrogen) atoms. The highest BCUT2D eigenvalue weighted by Gasteiger charge is 2.32. The quantitative estimate of drug-likeness (QED) is 0.870. The van der Waals surface area contributed by atoms with Crippen LogP contribution in [-0.4, -0.2) is 37.6 Å². The van der Waals surface area contributed by atoms with Gasteiger partial charge in [0.25, 0.3) is 5.91 Å². The summed E-state index contributed by atoms with van der Waals surface area (Å²) in [6, 6.07) is 17.7. The van der Waals surface area contributed by atoms with Gasteiger partial charge in [-0.2, -0.15) is 0 Å². The van der Waals surface area contributed by atoms with E-state index in [9.17, 15) is 13.2 Å². The van der Waals surface area contributed by atoms with Crippen LogP contribution < -0.4 is 0 Å². The second-order valence-corrected chi connectivity index (χ2v) is 7.94. The molecule has 1 aliphatic rings. The summed E-state index contributed by atoms with van der Waals surface area (Å²) in [5, 5.41) is -0.412. The van der Waals surface area contributed by atoms with Crippen LogP contribution in [0.3, 0.4) is 0 Å². The van der Waals surface area contributed by atoms with Crippen LogP contribution >= 0.6 is 0 Å². The van der Waals surface area contributed by atoms with Crippen molar-refractivity contribution >= 4 is 15.7 Å². The van der Waals surface area contributed by atoms with Crippen molar-refractivity contribution in [2.45, 2.75) is 23.0 Å². The van der Waals surface area contributed by atoms with Gasteiger partial charge < -0.3 is 4.90 Å². The molecule has 4 nitrogen and oxygen atoms in total. The van der Waals surface area contributed by atoms with Gasteiger partial charge in [-0.25, -0.2) is 8.42 Å². The fourth-order valence-electron chi connectivity index (χ4n) is 2.94. The molecule has 2 aromatic rings. The minimum atomic E-state index is -3.31. The van der Waals surface area contributed by atoms with Crippen LogP contribution in [0.5, 0.6) is 0 Å². The first-order valence-electron chi connectivity index (χ1n) is 7.72. The first kappa shape index (κ1) is 15.7. The third-order valence-corrected chi connectivity index (χ3v) is 6.54. The van der Waals surface area contributed by atoms with Crippen molar-refractivity contribution in [1.82, 2.24) is 4.90 Å². The SMILES string of the molecule is O=C(c1ccccc1)N1CCC(S(=O)(=O)c2ccccc2)CC1. The number of nitrogens with zero attached hydrogens (tertiary/aromatic N) is 1. The lowest BCUT2D eigenvalue weighted by Crippen LogP contribution is -2.42. The number of carbonyl (C=O) groups is 1. The van der Waals surface area contributed by atoms with Crippen molar-refractivity contribution in [2.24, 2.45) is 0 Å². The Bertz CT molecular complexity index is 764. The normalized spacial score (nSPS) is 16.3. The number of amides is 1. The number of carbonyl (C=O) groups excluding carboxylic acids is 1. The van der Waals surface area contributed by atoms with E-state index in [0.717, 1.165) is 0 Å². The van der Waals surface area contributed by atoms with Crippen molar-refractivity contribution in [2.75, 3.05) is 13.1 Å². The molecule has 1 saturated heterocycles. The summed E-state index contributed by atoms with van der Waals surface area (Å²) in [5.41, 5.74) is 0.650. The maximum atomic E-state index is 12.6. The molecule has 5 heteroatoms. The molecule has 120 valence electrons. The number of benzene rings is 2. The molecule has 0 atom stereocenters. The van der Waals surface area contributed by atoms with Crippen molar-refractivity contribution in [3.8, 4) is 0 Å². The van der Waals surface area contributed by atoms with Crippen LogP contribution in [0.4, 0.5) is 0 Å². The number of likely N-dealkylation sites (tertiary alicyclic amines) is 1. The van der Waals surface area contributed by atoms with E-state index < -0.39 is 15.1 Å². The number of rotatable bonds is 3. The molecule has 1 fully saturated rings. The standard InChI is InChI=1S/C18H19NO3S/c20-18(15-7-3-1-4-8-15)19-13-11-17(12-14-19)23(21,22)16-9-5-2-6-10-16/h1-10,17H,11-14H2. The summed E-state index contributed by atoms with van der Waals surface area (Å²) in [6.07, 6.45) is 0.964. The molecule has 0 N–H and O–H groups in total. The number of hydrogen-bond acceptors (Lipinski definition) is 3. The number of hydrogen-bond donors (Lipinski definition) is 0. The zero-order chi connectivity index (χ0) is 16.3. The molecule has 2 aromatic carbocycles. The van der Waals surface area contributed by atoms with Crippen molar-refractivity contribution in [3.05, 3.63) is 66.2 Å². The molecule has 1 heterocycles.